The summed E-state index contributed by atoms with van der Waals surface area (Å²) in [5, 5.41) is 0.425. The number of amides is 1. The summed E-state index contributed by atoms with van der Waals surface area (Å²) in [5.41, 5.74) is 1.34. The third-order valence-electron chi connectivity index (χ3n) is 4.27. The topological polar surface area (TPSA) is 55.3 Å². The fourth-order valence-corrected chi connectivity index (χ4v) is 3.75. The number of fused-ring (bicyclic) bond motifs is 1. The van der Waals surface area contributed by atoms with Crippen LogP contribution >= 0.6 is 11.3 Å². The molecule has 0 radical (unpaired) electrons. The number of anilines is 1. The molecule has 8 heteroatoms. The first-order chi connectivity index (χ1) is 14.0. The number of rotatable bonds is 5. The zero-order valence-corrected chi connectivity index (χ0v) is 16.1. The SMILES string of the molecule is COc1ccc2sc(N(Cc3ccccn3)C(=O)c3ccc(F)c(F)c3)nc2c1. The molecule has 4 rings (SSSR count). The van der Waals surface area contributed by atoms with Crippen LogP contribution in [0.25, 0.3) is 10.2 Å². The fraction of sp³-hybridized carbons (Fsp3) is 0.0952. The fourth-order valence-electron chi connectivity index (χ4n) is 2.80. The van der Waals surface area contributed by atoms with Crippen molar-refractivity contribution in [2.75, 3.05) is 12.0 Å². The molecule has 2 aromatic heterocycles. The van der Waals surface area contributed by atoms with Crippen LogP contribution in [-0.4, -0.2) is 23.0 Å². The maximum absolute atomic E-state index is 13.7. The maximum atomic E-state index is 13.7. The van der Waals surface area contributed by atoms with Gasteiger partial charge in [0.1, 0.15) is 5.75 Å². The van der Waals surface area contributed by atoms with Gasteiger partial charge >= 0.3 is 0 Å². The van der Waals surface area contributed by atoms with Gasteiger partial charge in [-0.2, -0.15) is 0 Å². The second-order valence-corrected chi connectivity index (χ2v) is 7.18. The molecule has 29 heavy (non-hydrogen) atoms. The van der Waals surface area contributed by atoms with Gasteiger partial charge in [-0.05, 0) is 42.5 Å². The summed E-state index contributed by atoms with van der Waals surface area (Å²) in [7, 11) is 1.56. The molecule has 0 aliphatic heterocycles. The van der Waals surface area contributed by atoms with Gasteiger partial charge in [-0.25, -0.2) is 13.8 Å². The van der Waals surface area contributed by atoms with Crippen LogP contribution in [0.15, 0.2) is 60.8 Å². The van der Waals surface area contributed by atoms with Crippen molar-refractivity contribution in [3.8, 4) is 5.75 Å². The average molecular weight is 411 g/mol. The first-order valence-electron chi connectivity index (χ1n) is 8.66. The monoisotopic (exact) mass is 411 g/mol. The van der Waals surface area contributed by atoms with E-state index < -0.39 is 17.5 Å². The summed E-state index contributed by atoms with van der Waals surface area (Å²) in [6.07, 6.45) is 1.62. The Morgan fingerprint density at radius 3 is 2.69 bits per heavy atom. The smallest absolute Gasteiger partial charge is 0.260 e. The number of hydrogen-bond donors (Lipinski definition) is 0. The Labute approximate surface area is 169 Å². The lowest BCUT2D eigenvalue weighted by Gasteiger charge is -2.19. The van der Waals surface area contributed by atoms with E-state index in [9.17, 15) is 13.6 Å². The number of carbonyl (C=O) groups is 1. The molecule has 0 atom stereocenters. The Bertz CT molecular complexity index is 1180. The van der Waals surface area contributed by atoms with E-state index >= 15 is 0 Å². The molecule has 2 heterocycles. The van der Waals surface area contributed by atoms with Crippen LogP contribution in [0.2, 0.25) is 0 Å². The van der Waals surface area contributed by atoms with Gasteiger partial charge in [0.25, 0.3) is 5.91 Å². The molecule has 0 spiro atoms. The van der Waals surface area contributed by atoms with Crippen molar-refractivity contribution in [2.45, 2.75) is 6.54 Å². The third-order valence-corrected chi connectivity index (χ3v) is 5.33. The molecule has 0 aliphatic rings. The van der Waals surface area contributed by atoms with Crippen LogP contribution in [0.3, 0.4) is 0 Å². The lowest BCUT2D eigenvalue weighted by molar-refractivity contribution is 0.0984. The Morgan fingerprint density at radius 1 is 1.10 bits per heavy atom. The molecule has 0 bridgehead atoms. The number of benzene rings is 2. The van der Waals surface area contributed by atoms with E-state index in [1.165, 1.54) is 22.3 Å². The molecule has 0 saturated carbocycles. The van der Waals surface area contributed by atoms with Crippen molar-refractivity contribution in [1.82, 2.24) is 9.97 Å². The van der Waals surface area contributed by atoms with Gasteiger partial charge in [0.15, 0.2) is 16.8 Å². The van der Waals surface area contributed by atoms with Crippen molar-refractivity contribution in [2.24, 2.45) is 0 Å². The van der Waals surface area contributed by atoms with E-state index in [0.29, 0.717) is 22.1 Å². The average Bonchev–Trinajstić information content (AvgIpc) is 3.17. The zero-order valence-electron chi connectivity index (χ0n) is 15.3. The number of hydrogen-bond acceptors (Lipinski definition) is 5. The molecule has 0 N–H and O–H groups in total. The Balaban J connectivity index is 1.77. The number of carbonyl (C=O) groups excluding carboxylic acids is 1. The highest BCUT2D eigenvalue weighted by Gasteiger charge is 2.23. The predicted molar refractivity (Wildman–Crippen MR) is 107 cm³/mol. The molecule has 0 unspecified atom stereocenters. The van der Waals surface area contributed by atoms with Gasteiger partial charge in [-0.15, -0.1) is 0 Å². The molecule has 0 fully saturated rings. The number of methoxy groups -OCH3 is 1. The van der Waals surface area contributed by atoms with E-state index in [1.807, 2.05) is 18.2 Å². The van der Waals surface area contributed by atoms with Gasteiger partial charge < -0.3 is 4.74 Å². The van der Waals surface area contributed by atoms with Gasteiger partial charge in [-0.1, -0.05) is 17.4 Å². The number of thiazole rings is 1. The lowest BCUT2D eigenvalue weighted by atomic mass is 10.2. The summed E-state index contributed by atoms with van der Waals surface area (Å²) < 4.78 is 33.1. The van der Waals surface area contributed by atoms with Crippen molar-refractivity contribution >= 4 is 32.6 Å². The van der Waals surface area contributed by atoms with Crippen molar-refractivity contribution < 1.29 is 18.3 Å². The number of ether oxygens (including phenoxy) is 1. The largest absolute Gasteiger partial charge is 0.497 e. The van der Waals surface area contributed by atoms with E-state index in [-0.39, 0.29) is 12.1 Å². The standard InChI is InChI=1S/C21H15F2N3O2S/c1-28-15-6-8-19-18(11-15)25-21(29-19)26(12-14-4-2-3-9-24-14)20(27)13-5-7-16(22)17(23)10-13/h2-11H,12H2,1H3. The highest BCUT2D eigenvalue weighted by molar-refractivity contribution is 7.22. The molecule has 146 valence electrons. The van der Waals surface area contributed by atoms with Gasteiger partial charge in [0, 0.05) is 17.8 Å². The van der Waals surface area contributed by atoms with Crippen LogP contribution in [0.1, 0.15) is 16.1 Å². The minimum atomic E-state index is -1.08. The quantitative estimate of drug-likeness (QED) is 0.472. The summed E-state index contributed by atoms with van der Waals surface area (Å²) in [5.74, 6) is -1.94. The second kappa shape index (κ2) is 7.92. The van der Waals surface area contributed by atoms with Crippen molar-refractivity contribution in [3.63, 3.8) is 0 Å². The van der Waals surface area contributed by atoms with Crippen LogP contribution in [0.4, 0.5) is 13.9 Å². The number of aromatic nitrogens is 2. The molecule has 5 nitrogen and oxygen atoms in total. The lowest BCUT2D eigenvalue weighted by Crippen LogP contribution is -2.30. The van der Waals surface area contributed by atoms with Gasteiger partial charge in [0.2, 0.25) is 0 Å². The predicted octanol–water partition coefficient (Wildman–Crippen LogP) is 4.83. The van der Waals surface area contributed by atoms with Crippen molar-refractivity contribution in [1.29, 1.82) is 0 Å². The van der Waals surface area contributed by atoms with Crippen LogP contribution < -0.4 is 9.64 Å². The molecule has 0 aliphatic carbocycles. The van der Waals surface area contributed by atoms with Gasteiger partial charge in [-0.3, -0.25) is 14.7 Å². The van der Waals surface area contributed by atoms with Gasteiger partial charge in [0.05, 0.1) is 29.6 Å². The molecule has 2 aromatic carbocycles. The molecular weight excluding hydrogens is 396 g/mol. The molecular formula is C21H15F2N3O2S. The first kappa shape index (κ1) is 18.9. The minimum Gasteiger partial charge on any atom is -0.497 e. The van der Waals surface area contributed by atoms with Crippen molar-refractivity contribution in [3.05, 3.63) is 83.7 Å². The summed E-state index contributed by atoms with van der Waals surface area (Å²) in [6, 6.07) is 13.9. The van der Waals surface area contributed by atoms with E-state index in [2.05, 4.69) is 9.97 Å². The summed E-state index contributed by atoms with van der Waals surface area (Å²) >= 11 is 1.32. The molecule has 0 saturated heterocycles. The Morgan fingerprint density at radius 2 is 1.97 bits per heavy atom. The highest BCUT2D eigenvalue weighted by Crippen LogP contribution is 2.32. The Kier molecular flexibility index (Phi) is 5.18. The van der Waals surface area contributed by atoms with Crippen LogP contribution in [-0.2, 0) is 6.54 Å². The Hall–Kier alpha value is -3.39. The van der Waals surface area contributed by atoms with Crippen LogP contribution in [0.5, 0.6) is 5.75 Å². The number of nitrogens with zero attached hydrogens (tertiary/aromatic N) is 3. The second-order valence-electron chi connectivity index (χ2n) is 6.17. The van der Waals surface area contributed by atoms with E-state index in [0.717, 1.165) is 16.8 Å². The summed E-state index contributed by atoms with van der Waals surface area (Å²) in [6.45, 7) is 0.135. The van der Waals surface area contributed by atoms with Crippen LogP contribution in [0, 0.1) is 11.6 Å². The maximum Gasteiger partial charge on any atom is 0.260 e. The molecule has 4 aromatic rings. The zero-order chi connectivity index (χ0) is 20.4. The summed E-state index contributed by atoms with van der Waals surface area (Å²) in [4.78, 5) is 23.4. The minimum absolute atomic E-state index is 0.0247. The van der Waals surface area contributed by atoms with E-state index in [4.69, 9.17) is 4.74 Å². The highest BCUT2D eigenvalue weighted by atomic mass is 32.1. The van der Waals surface area contributed by atoms with E-state index in [1.54, 1.807) is 31.5 Å². The third kappa shape index (κ3) is 3.93. The number of pyridine rings is 1. The first-order valence-corrected chi connectivity index (χ1v) is 9.48. The molecule has 1 amide bonds. The number of halogens is 2. The normalized spacial score (nSPS) is 10.9.